The van der Waals surface area contributed by atoms with Gasteiger partial charge in [0.1, 0.15) is 12.4 Å². The lowest BCUT2D eigenvalue weighted by Crippen LogP contribution is -2.21. The number of aromatic nitrogens is 5. The van der Waals surface area contributed by atoms with Gasteiger partial charge in [0.25, 0.3) is 5.88 Å². The first-order chi connectivity index (χ1) is 10.7. The van der Waals surface area contributed by atoms with Gasteiger partial charge in [-0.25, -0.2) is 15.0 Å². The van der Waals surface area contributed by atoms with E-state index < -0.39 is 0 Å². The lowest BCUT2D eigenvalue weighted by atomic mass is 10.2. The zero-order chi connectivity index (χ0) is 15.4. The van der Waals surface area contributed by atoms with Crippen molar-refractivity contribution in [3.8, 4) is 5.88 Å². The van der Waals surface area contributed by atoms with Crippen molar-refractivity contribution in [3.63, 3.8) is 0 Å². The second-order valence-corrected chi connectivity index (χ2v) is 5.45. The van der Waals surface area contributed by atoms with Crippen LogP contribution in [0, 0.1) is 0 Å². The van der Waals surface area contributed by atoms with Gasteiger partial charge in [-0.1, -0.05) is 0 Å². The lowest BCUT2D eigenvalue weighted by Gasteiger charge is -2.16. The van der Waals surface area contributed by atoms with Gasteiger partial charge < -0.3 is 14.8 Å². The molecule has 22 heavy (non-hydrogen) atoms. The smallest absolute Gasteiger partial charge is 0.257 e. The van der Waals surface area contributed by atoms with Crippen LogP contribution in [0.2, 0.25) is 0 Å². The zero-order valence-corrected chi connectivity index (χ0v) is 12.7. The van der Waals surface area contributed by atoms with Gasteiger partial charge >= 0.3 is 0 Å². The predicted molar refractivity (Wildman–Crippen MR) is 79.5 cm³/mol. The fourth-order valence-electron chi connectivity index (χ4n) is 2.39. The maximum atomic E-state index is 5.96. The molecular formula is C14H20N6O2. The molecule has 2 aromatic rings. The molecule has 3 heterocycles. The molecule has 8 heteroatoms. The fourth-order valence-corrected chi connectivity index (χ4v) is 2.39. The number of hydrogen-bond acceptors (Lipinski definition) is 7. The van der Waals surface area contributed by atoms with Crippen LogP contribution >= 0.6 is 0 Å². The van der Waals surface area contributed by atoms with E-state index in [1.54, 1.807) is 12.4 Å². The number of H-pyrrole nitrogens is 1. The van der Waals surface area contributed by atoms with Crippen molar-refractivity contribution >= 4 is 5.82 Å². The van der Waals surface area contributed by atoms with E-state index >= 15 is 0 Å². The molecule has 2 N–H and O–H groups in total. The summed E-state index contributed by atoms with van der Waals surface area (Å²) in [6, 6.07) is 0. The zero-order valence-electron chi connectivity index (χ0n) is 12.7. The number of nitrogens with one attached hydrogen (secondary N) is 2. The van der Waals surface area contributed by atoms with Crippen LogP contribution < -0.4 is 10.1 Å². The first kappa shape index (κ1) is 14.7. The number of anilines is 1. The minimum absolute atomic E-state index is 0.0115. The van der Waals surface area contributed by atoms with Crippen molar-refractivity contribution in [2.24, 2.45) is 0 Å². The molecule has 2 atom stereocenters. The molecule has 3 rings (SSSR count). The van der Waals surface area contributed by atoms with E-state index in [4.69, 9.17) is 9.47 Å². The van der Waals surface area contributed by atoms with Crippen LogP contribution in [-0.2, 0) is 4.74 Å². The van der Waals surface area contributed by atoms with E-state index in [2.05, 4.69) is 30.5 Å². The Balaban J connectivity index is 1.55. The molecule has 0 saturated carbocycles. The molecule has 1 fully saturated rings. The third kappa shape index (κ3) is 3.51. The second-order valence-electron chi connectivity index (χ2n) is 5.45. The Hall–Kier alpha value is -2.22. The Morgan fingerprint density at radius 1 is 1.32 bits per heavy atom. The third-order valence-corrected chi connectivity index (χ3v) is 3.36. The maximum Gasteiger partial charge on any atom is 0.257 e. The van der Waals surface area contributed by atoms with Crippen molar-refractivity contribution in [2.45, 2.75) is 45.0 Å². The van der Waals surface area contributed by atoms with Gasteiger partial charge in [-0.15, -0.1) is 0 Å². The normalized spacial score (nSPS) is 21.2. The number of aromatic amines is 1. The first-order valence-electron chi connectivity index (χ1n) is 7.44. The fraction of sp³-hybridized carbons (Fsp3) is 0.571. The van der Waals surface area contributed by atoms with Gasteiger partial charge in [-0.3, -0.25) is 5.10 Å². The molecule has 118 valence electrons. The summed E-state index contributed by atoms with van der Waals surface area (Å²) in [5.74, 6) is 1.94. The van der Waals surface area contributed by atoms with Crippen LogP contribution in [-0.4, -0.2) is 43.9 Å². The molecule has 0 radical (unpaired) electrons. The molecule has 0 unspecified atom stereocenters. The van der Waals surface area contributed by atoms with E-state index in [0.717, 1.165) is 18.7 Å². The minimum Gasteiger partial charge on any atom is -0.472 e. The quantitative estimate of drug-likeness (QED) is 0.838. The van der Waals surface area contributed by atoms with Crippen LogP contribution in [0.25, 0.3) is 0 Å². The Bertz CT molecular complexity index is 589. The van der Waals surface area contributed by atoms with Crippen molar-refractivity contribution in [1.29, 1.82) is 0 Å². The summed E-state index contributed by atoms with van der Waals surface area (Å²) < 4.78 is 11.6. The summed E-state index contributed by atoms with van der Waals surface area (Å²) in [7, 11) is 0. The minimum atomic E-state index is -0.0115. The molecule has 0 aliphatic carbocycles. The van der Waals surface area contributed by atoms with Crippen molar-refractivity contribution < 1.29 is 9.47 Å². The molecule has 8 nitrogen and oxygen atoms in total. The molecule has 1 aliphatic heterocycles. The van der Waals surface area contributed by atoms with E-state index in [9.17, 15) is 0 Å². The summed E-state index contributed by atoms with van der Waals surface area (Å²) in [6.07, 6.45) is 6.79. The SMILES string of the molecule is CC(C)Oc1nccnc1NC[C@H]1CC[C@@H](c2ncn[nH]2)O1. The maximum absolute atomic E-state index is 5.96. The molecule has 2 aromatic heterocycles. The molecule has 0 bridgehead atoms. The van der Waals surface area contributed by atoms with E-state index in [0.29, 0.717) is 18.2 Å². The number of rotatable bonds is 6. The van der Waals surface area contributed by atoms with E-state index in [1.165, 1.54) is 6.33 Å². The Morgan fingerprint density at radius 2 is 2.18 bits per heavy atom. The molecular weight excluding hydrogens is 284 g/mol. The molecule has 1 aliphatic rings. The topological polar surface area (TPSA) is 97.8 Å². The number of ether oxygens (including phenoxy) is 2. The van der Waals surface area contributed by atoms with Crippen molar-refractivity contribution in [2.75, 3.05) is 11.9 Å². The van der Waals surface area contributed by atoms with Gasteiger partial charge in [0, 0.05) is 18.9 Å². The highest BCUT2D eigenvalue weighted by atomic mass is 16.5. The number of nitrogens with zero attached hydrogens (tertiary/aromatic N) is 4. The summed E-state index contributed by atoms with van der Waals surface area (Å²) >= 11 is 0. The molecule has 1 saturated heterocycles. The lowest BCUT2D eigenvalue weighted by molar-refractivity contribution is 0.0471. The van der Waals surface area contributed by atoms with Crippen LogP contribution in [0.4, 0.5) is 5.82 Å². The van der Waals surface area contributed by atoms with Gasteiger partial charge in [0.15, 0.2) is 11.6 Å². The second kappa shape index (κ2) is 6.69. The Kier molecular flexibility index (Phi) is 4.47. The van der Waals surface area contributed by atoms with Crippen molar-refractivity contribution in [1.82, 2.24) is 25.1 Å². The van der Waals surface area contributed by atoms with Crippen LogP contribution in [0.15, 0.2) is 18.7 Å². The molecule has 0 amide bonds. The Morgan fingerprint density at radius 3 is 2.95 bits per heavy atom. The van der Waals surface area contributed by atoms with Gasteiger partial charge in [0.2, 0.25) is 0 Å². The summed E-state index contributed by atoms with van der Waals surface area (Å²) in [6.45, 7) is 4.57. The average molecular weight is 304 g/mol. The van der Waals surface area contributed by atoms with E-state index in [1.807, 2.05) is 13.8 Å². The average Bonchev–Trinajstić information content (AvgIpc) is 3.17. The van der Waals surface area contributed by atoms with Gasteiger partial charge in [0.05, 0.1) is 12.2 Å². The highest BCUT2D eigenvalue weighted by molar-refractivity contribution is 5.44. The Labute approximate surface area is 128 Å². The third-order valence-electron chi connectivity index (χ3n) is 3.36. The standard InChI is InChI=1S/C14H20N6O2/c1-9(2)21-14-13(15-5-6-16-14)17-7-10-3-4-11(22-10)12-18-8-19-20-12/h5-6,8-11H,3-4,7H2,1-2H3,(H,15,17)(H,18,19,20)/t10-,11+/m1/s1. The molecule has 0 spiro atoms. The van der Waals surface area contributed by atoms with E-state index in [-0.39, 0.29) is 18.3 Å². The highest BCUT2D eigenvalue weighted by Crippen LogP contribution is 2.30. The van der Waals surface area contributed by atoms with Crippen LogP contribution in [0.5, 0.6) is 5.88 Å². The monoisotopic (exact) mass is 304 g/mol. The van der Waals surface area contributed by atoms with Crippen LogP contribution in [0.3, 0.4) is 0 Å². The highest BCUT2D eigenvalue weighted by Gasteiger charge is 2.28. The summed E-state index contributed by atoms with van der Waals surface area (Å²) in [5.41, 5.74) is 0. The molecule has 0 aromatic carbocycles. The van der Waals surface area contributed by atoms with Gasteiger partial charge in [-0.2, -0.15) is 5.10 Å². The van der Waals surface area contributed by atoms with Crippen molar-refractivity contribution in [3.05, 3.63) is 24.5 Å². The predicted octanol–water partition coefficient (Wildman–Crippen LogP) is 1.71. The summed E-state index contributed by atoms with van der Waals surface area (Å²) in [5, 5.41) is 9.97. The first-order valence-corrected chi connectivity index (χ1v) is 7.44. The van der Waals surface area contributed by atoms with Gasteiger partial charge in [-0.05, 0) is 26.7 Å². The largest absolute Gasteiger partial charge is 0.472 e. The number of hydrogen-bond donors (Lipinski definition) is 2. The van der Waals surface area contributed by atoms with Crippen LogP contribution in [0.1, 0.15) is 38.6 Å². The summed E-state index contributed by atoms with van der Waals surface area (Å²) in [4.78, 5) is 12.6.